The number of carboxylic acid groups (broad SMARTS) is 1. The van der Waals surface area contributed by atoms with Gasteiger partial charge in [-0.15, -0.1) is 0 Å². The molecule has 0 saturated heterocycles. The number of benzene rings is 4. The predicted octanol–water partition coefficient (Wildman–Crippen LogP) is 5.66. The highest BCUT2D eigenvalue weighted by Crippen LogP contribution is 2.54. The van der Waals surface area contributed by atoms with Crippen molar-refractivity contribution in [1.29, 1.82) is 0 Å². The predicted molar refractivity (Wildman–Crippen MR) is 299 cm³/mol. The van der Waals surface area contributed by atoms with Crippen LogP contribution < -0.4 is 4.90 Å². The second-order valence-corrected chi connectivity index (χ2v) is 25.6. The third-order valence-electron chi connectivity index (χ3n) is 14.1. The maximum Gasteiger partial charge on any atom is 0.303 e. The second-order valence-electron chi connectivity index (χ2n) is 20.0. The molecule has 0 amide bonds. The lowest BCUT2D eigenvalue weighted by Gasteiger charge is -2.31. The van der Waals surface area contributed by atoms with Gasteiger partial charge in [0.15, 0.2) is 5.71 Å². The number of methoxy groups -OCH3 is 2. The Morgan fingerprint density at radius 3 is 1.60 bits per heavy atom. The fourth-order valence-corrected chi connectivity index (χ4v) is 13.0. The van der Waals surface area contributed by atoms with Crippen LogP contribution in [0.2, 0.25) is 0 Å². The van der Waals surface area contributed by atoms with Gasteiger partial charge in [0.2, 0.25) is 5.69 Å². The maximum atomic E-state index is 12.9. The third-order valence-corrected chi connectivity index (χ3v) is 17.6. The van der Waals surface area contributed by atoms with Gasteiger partial charge in [-0.05, 0) is 104 Å². The van der Waals surface area contributed by atoms with Crippen LogP contribution in [0.1, 0.15) is 64.0 Å². The molecule has 28 heteroatoms. The topological polar surface area (TPSA) is 338 Å². The lowest BCUT2D eigenvalue weighted by molar-refractivity contribution is -0.438. The van der Waals surface area contributed by atoms with Gasteiger partial charge < -0.3 is 52.5 Å². The Balaban J connectivity index is 1.50. The van der Waals surface area contributed by atoms with E-state index in [-0.39, 0.29) is 87.2 Å². The molecule has 0 bridgehead atoms. The first-order valence-electron chi connectivity index (χ1n) is 26.3. The van der Waals surface area contributed by atoms with Gasteiger partial charge in [-0.1, -0.05) is 12.1 Å². The van der Waals surface area contributed by atoms with Crippen molar-refractivity contribution in [2.45, 2.75) is 83.3 Å². The number of aliphatic carboxylic acids is 1. The zero-order valence-corrected chi connectivity index (χ0v) is 49.6. The van der Waals surface area contributed by atoms with Gasteiger partial charge in [-0.2, -0.15) is 29.8 Å². The van der Waals surface area contributed by atoms with E-state index in [1.807, 2.05) is 30.2 Å². The minimum atomic E-state index is -5.36. The number of rotatable bonds is 36. The van der Waals surface area contributed by atoms with E-state index >= 15 is 0 Å². The van der Waals surface area contributed by atoms with Crippen molar-refractivity contribution in [2.24, 2.45) is 0 Å². The van der Waals surface area contributed by atoms with E-state index in [1.165, 1.54) is 12.1 Å². The average Bonchev–Trinajstić information content (AvgIpc) is 1.65. The van der Waals surface area contributed by atoms with Gasteiger partial charge in [-0.25, -0.2) is 8.42 Å². The van der Waals surface area contributed by atoms with Crippen LogP contribution in [-0.2, 0) is 94.0 Å². The molecule has 0 aliphatic carbocycles. The number of carbonyl (C=O) groups is 1. The third kappa shape index (κ3) is 16.5. The van der Waals surface area contributed by atoms with Crippen molar-refractivity contribution in [3.8, 4) is 0 Å². The van der Waals surface area contributed by atoms with E-state index in [1.54, 1.807) is 44.6 Å². The first kappa shape index (κ1) is 66.3. The fraction of sp³-hybridized carbons (Fsp3) is 0.519. The Morgan fingerprint density at radius 1 is 0.598 bits per heavy atom. The Kier molecular flexibility index (Phi) is 23.3. The molecule has 24 nitrogen and oxygen atoms in total. The Hall–Kier alpha value is -4.86. The molecule has 82 heavy (non-hydrogen) atoms. The van der Waals surface area contributed by atoms with Gasteiger partial charge in [0.25, 0.3) is 30.4 Å². The minimum absolute atomic E-state index is 0.0237. The van der Waals surface area contributed by atoms with Crippen molar-refractivity contribution < 1.29 is 104 Å². The Labute approximate surface area is 478 Å². The van der Waals surface area contributed by atoms with Gasteiger partial charge in [-0.3, -0.25) is 18.5 Å². The molecule has 4 aromatic carbocycles. The quantitative estimate of drug-likeness (QED) is 0.0242. The number of nitrogens with zero attached hydrogens (tertiary/aromatic N) is 2. The van der Waals surface area contributed by atoms with Crippen molar-refractivity contribution in [3.05, 3.63) is 83.6 Å². The molecule has 4 N–H and O–H groups in total. The standard InChI is InChI=1S/C54H72N2O22S4/c1-53(2)48(55(18-8-6-7-12-50(57)58)44-15-13-40-42(51(44)53)34-38(79(59,60)61)36-46(40)81(65,66)67)10-9-11-49-54(3,17-20-73-26-28-77-32-30-75-24-22-71-4)52-43-35-39(80(62,63)64)37-47(82(68,69)70)41(43)14-16-45(52)56(49)19-21-74-27-29-78-33-31-76-25-23-72-5/h9-11,13-16,34-37H,6-8,12,17-33H2,1-5H3,(H4-,57,58,59,60,61,62,63,64,65,66,67,68,69,70). The molecule has 0 radical (unpaired) electrons. The highest BCUT2D eigenvalue weighted by molar-refractivity contribution is 7.87. The smallest absolute Gasteiger partial charge is 0.303 e. The largest absolute Gasteiger partial charge is 0.744 e. The number of carboxylic acids is 1. The molecule has 1 unspecified atom stereocenters. The van der Waals surface area contributed by atoms with Crippen LogP contribution in [0.25, 0.3) is 21.5 Å². The first-order chi connectivity index (χ1) is 38.7. The van der Waals surface area contributed by atoms with Crippen molar-refractivity contribution in [1.82, 2.24) is 0 Å². The van der Waals surface area contributed by atoms with Gasteiger partial charge in [0.1, 0.15) is 21.6 Å². The summed E-state index contributed by atoms with van der Waals surface area (Å²) in [5.74, 6) is -0.961. The number of hydrogen-bond acceptors (Lipinski definition) is 19. The maximum absolute atomic E-state index is 12.9. The zero-order chi connectivity index (χ0) is 60.1. The summed E-state index contributed by atoms with van der Waals surface area (Å²) in [4.78, 5) is 10.1. The zero-order valence-electron chi connectivity index (χ0n) is 46.4. The SMILES string of the molecule is COCCOCCOCCOCCN1C(=CC=CC2=[N+](CCCCCC(=O)O)c3ccc4c(S(=O)(=O)O)cc(S(=O)(=O)O)cc4c3C2(C)C)C(C)(CCOCCOCCOCCOC)c2c1ccc1c(S(=O)(=O)[O-])cc(S(=O)(=O)O)cc21. The molecule has 0 saturated carbocycles. The highest BCUT2D eigenvalue weighted by atomic mass is 32.2. The molecular formula is C54H72N2O22S4. The summed E-state index contributed by atoms with van der Waals surface area (Å²) in [6.07, 6.45) is 6.76. The summed E-state index contributed by atoms with van der Waals surface area (Å²) < 4.78 is 193. The summed E-state index contributed by atoms with van der Waals surface area (Å²) in [5.41, 5.74) is 0.691. The van der Waals surface area contributed by atoms with Gasteiger partial charge in [0, 0.05) is 80.1 Å². The normalized spacial score (nSPS) is 17.1. The molecule has 0 fully saturated rings. The summed E-state index contributed by atoms with van der Waals surface area (Å²) in [6, 6.07) is 9.62. The summed E-state index contributed by atoms with van der Waals surface area (Å²) >= 11 is 0. The van der Waals surface area contributed by atoms with E-state index < -0.39 is 76.9 Å². The highest BCUT2D eigenvalue weighted by Gasteiger charge is 2.47. The van der Waals surface area contributed by atoms with E-state index in [2.05, 4.69) is 0 Å². The van der Waals surface area contributed by atoms with Crippen LogP contribution in [-0.4, -0.2) is 193 Å². The van der Waals surface area contributed by atoms with Crippen LogP contribution >= 0.6 is 0 Å². The number of fused-ring (bicyclic) bond motifs is 6. The second kappa shape index (κ2) is 28.8. The summed E-state index contributed by atoms with van der Waals surface area (Å²) in [7, 11) is -17.4. The summed E-state index contributed by atoms with van der Waals surface area (Å²) in [5, 5.41) is 9.37. The molecule has 6 rings (SSSR count). The monoisotopic (exact) mass is 1230 g/mol. The molecule has 454 valence electrons. The van der Waals surface area contributed by atoms with E-state index in [9.17, 15) is 61.8 Å². The number of anilines is 1. The summed E-state index contributed by atoms with van der Waals surface area (Å²) in [6.45, 7) is 9.73. The average molecular weight is 1230 g/mol. The van der Waals surface area contributed by atoms with Crippen LogP contribution in [0.15, 0.2) is 92.0 Å². The van der Waals surface area contributed by atoms with Crippen molar-refractivity contribution in [3.63, 3.8) is 0 Å². The lowest BCUT2D eigenvalue weighted by atomic mass is 9.76. The van der Waals surface area contributed by atoms with Crippen LogP contribution in [0.3, 0.4) is 0 Å². The number of hydrogen-bond donors (Lipinski definition) is 4. The number of ether oxygens (including phenoxy) is 8. The lowest BCUT2D eigenvalue weighted by Crippen LogP contribution is -2.32. The molecule has 2 aliphatic heterocycles. The first-order valence-corrected chi connectivity index (χ1v) is 32.0. The van der Waals surface area contributed by atoms with Crippen molar-refractivity contribution >= 4 is 85.1 Å². The van der Waals surface area contributed by atoms with Gasteiger partial charge in [0.05, 0.1) is 106 Å². The number of unbranched alkanes of at least 4 members (excludes halogenated alkanes) is 2. The molecular weight excluding hydrogens is 1160 g/mol. The Morgan fingerprint density at radius 2 is 1.09 bits per heavy atom. The minimum Gasteiger partial charge on any atom is -0.744 e. The van der Waals surface area contributed by atoms with E-state index in [0.29, 0.717) is 118 Å². The molecule has 0 spiro atoms. The molecule has 1 atom stereocenters. The molecule has 0 aromatic heterocycles. The molecule has 2 heterocycles. The van der Waals surface area contributed by atoms with Crippen LogP contribution in [0, 0.1) is 0 Å². The Bertz CT molecular complexity index is 3490. The molecule has 4 aromatic rings. The number of allylic oxidation sites excluding steroid dienone is 4. The van der Waals surface area contributed by atoms with E-state index in [4.69, 9.17) is 37.9 Å². The van der Waals surface area contributed by atoms with Gasteiger partial charge >= 0.3 is 5.97 Å². The van der Waals surface area contributed by atoms with Crippen LogP contribution in [0.4, 0.5) is 11.4 Å². The fourth-order valence-electron chi connectivity index (χ4n) is 10.3. The van der Waals surface area contributed by atoms with Crippen molar-refractivity contribution in [2.75, 3.05) is 125 Å². The molecule has 2 aliphatic rings. The van der Waals surface area contributed by atoms with E-state index in [0.717, 1.165) is 12.1 Å². The van der Waals surface area contributed by atoms with Crippen LogP contribution in [0.5, 0.6) is 0 Å².